The molecule has 1 N–H and O–H groups in total. The number of thiophene rings is 1. The fourth-order valence-corrected chi connectivity index (χ4v) is 3.18. The van der Waals surface area contributed by atoms with Crippen LogP contribution in [0, 0.1) is 14.9 Å². The van der Waals surface area contributed by atoms with Crippen LogP contribution in [-0.2, 0) is 6.61 Å². The monoisotopic (exact) mass is 315 g/mol. The van der Waals surface area contributed by atoms with Gasteiger partial charge in [-0.3, -0.25) is 0 Å². The molecule has 2 nitrogen and oxygen atoms in total. The summed E-state index contributed by atoms with van der Waals surface area (Å²) in [4.78, 5) is 0. The summed E-state index contributed by atoms with van der Waals surface area (Å²) in [5, 5.41) is 20.8. The summed E-state index contributed by atoms with van der Waals surface area (Å²) in [5.74, 6) is 0. The standard InChI is InChI=1S/C10H6INOS/c11-8-2-1-6(4-13)9-7(3-12)5-14-10(8)9/h1-2,5,13H,4H2. The topological polar surface area (TPSA) is 44.0 Å². The van der Waals surface area contributed by atoms with E-state index >= 15 is 0 Å². The molecule has 0 fully saturated rings. The lowest BCUT2D eigenvalue weighted by Crippen LogP contribution is -1.86. The second kappa shape index (κ2) is 3.85. The molecular weight excluding hydrogens is 309 g/mol. The second-order valence-corrected chi connectivity index (χ2v) is 4.87. The van der Waals surface area contributed by atoms with Crippen LogP contribution in [0.5, 0.6) is 0 Å². The van der Waals surface area contributed by atoms with Crippen LogP contribution in [-0.4, -0.2) is 5.11 Å². The van der Waals surface area contributed by atoms with E-state index in [2.05, 4.69) is 28.7 Å². The van der Waals surface area contributed by atoms with Crippen molar-refractivity contribution >= 4 is 44.0 Å². The quantitative estimate of drug-likeness (QED) is 0.823. The zero-order chi connectivity index (χ0) is 10.1. The number of hydrogen-bond acceptors (Lipinski definition) is 3. The Balaban J connectivity index is 2.90. The SMILES string of the molecule is N#Cc1csc2c(I)ccc(CO)c12. The highest BCUT2D eigenvalue weighted by atomic mass is 127. The van der Waals surface area contributed by atoms with Gasteiger partial charge in [0.05, 0.1) is 12.2 Å². The Bertz CT molecular complexity index is 527. The maximum absolute atomic E-state index is 9.16. The average molecular weight is 315 g/mol. The van der Waals surface area contributed by atoms with Gasteiger partial charge in [-0.15, -0.1) is 11.3 Å². The fraction of sp³-hybridized carbons (Fsp3) is 0.100. The molecule has 2 aromatic rings. The normalized spacial score (nSPS) is 10.4. The molecule has 1 aromatic heterocycles. The van der Waals surface area contributed by atoms with E-state index in [4.69, 9.17) is 10.4 Å². The molecule has 0 amide bonds. The third-order valence-corrected chi connectivity index (χ3v) is 4.33. The van der Waals surface area contributed by atoms with Crippen LogP contribution >= 0.6 is 33.9 Å². The Kier molecular flexibility index (Phi) is 2.72. The van der Waals surface area contributed by atoms with E-state index in [-0.39, 0.29) is 6.61 Å². The first-order valence-corrected chi connectivity index (χ1v) is 5.93. The minimum atomic E-state index is -0.0150. The van der Waals surface area contributed by atoms with Gasteiger partial charge in [0.25, 0.3) is 0 Å². The minimum absolute atomic E-state index is 0.0150. The summed E-state index contributed by atoms with van der Waals surface area (Å²) in [7, 11) is 0. The molecule has 2 rings (SSSR count). The lowest BCUT2D eigenvalue weighted by molar-refractivity contribution is 0.283. The molecule has 0 bridgehead atoms. The largest absolute Gasteiger partial charge is 0.392 e. The summed E-state index contributed by atoms with van der Waals surface area (Å²) in [5.41, 5.74) is 1.49. The molecule has 14 heavy (non-hydrogen) atoms. The molecular formula is C10H6INOS. The fourth-order valence-electron chi connectivity index (χ4n) is 1.40. The molecule has 1 aromatic carbocycles. The van der Waals surface area contributed by atoms with Crippen LogP contribution in [0.2, 0.25) is 0 Å². The summed E-state index contributed by atoms with van der Waals surface area (Å²) < 4.78 is 2.22. The highest BCUT2D eigenvalue weighted by Gasteiger charge is 2.10. The van der Waals surface area contributed by atoms with Crippen molar-refractivity contribution in [2.24, 2.45) is 0 Å². The smallest absolute Gasteiger partial charge is 0.101 e. The number of rotatable bonds is 1. The van der Waals surface area contributed by atoms with E-state index in [9.17, 15) is 0 Å². The molecule has 0 aliphatic heterocycles. The predicted molar refractivity (Wildman–Crippen MR) is 65.2 cm³/mol. The first kappa shape index (κ1) is 9.90. The van der Waals surface area contributed by atoms with Crippen LogP contribution in [0.25, 0.3) is 10.1 Å². The molecule has 4 heteroatoms. The third-order valence-electron chi connectivity index (χ3n) is 2.05. The minimum Gasteiger partial charge on any atom is -0.392 e. The van der Waals surface area contributed by atoms with Gasteiger partial charge in [-0.1, -0.05) is 6.07 Å². The number of hydrogen-bond donors (Lipinski definition) is 1. The molecule has 0 spiro atoms. The zero-order valence-corrected chi connectivity index (χ0v) is 10.1. The van der Waals surface area contributed by atoms with Crippen molar-refractivity contribution in [3.8, 4) is 6.07 Å². The number of aliphatic hydroxyl groups excluding tert-OH is 1. The van der Waals surface area contributed by atoms with E-state index in [1.54, 1.807) is 11.3 Å². The number of fused-ring (bicyclic) bond motifs is 1. The Labute approximate surface area is 98.9 Å². The summed E-state index contributed by atoms with van der Waals surface area (Å²) in [6.07, 6.45) is 0. The highest BCUT2D eigenvalue weighted by Crippen LogP contribution is 2.32. The first-order valence-electron chi connectivity index (χ1n) is 3.97. The Hall–Kier alpha value is -0.640. The van der Waals surface area contributed by atoms with Gasteiger partial charge in [0, 0.05) is 19.0 Å². The highest BCUT2D eigenvalue weighted by molar-refractivity contribution is 14.1. The molecule has 70 valence electrons. The van der Waals surface area contributed by atoms with Gasteiger partial charge in [-0.25, -0.2) is 0 Å². The molecule has 0 aliphatic carbocycles. The third kappa shape index (κ3) is 1.41. The maximum atomic E-state index is 9.16. The van der Waals surface area contributed by atoms with Gasteiger partial charge in [0.2, 0.25) is 0 Å². The van der Waals surface area contributed by atoms with Crippen LogP contribution in [0.4, 0.5) is 0 Å². The van der Waals surface area contributed by atoms with E-state index < -0.39 is 0 Å². The van der Waals surface area contributed by atoms with Crippen LogP contribution in [0.15, 0.2) is 17.5 Å². The molecule has 0 aliphatic rings. The Morgan fingerprint density at radius 3 is 2.93 bits per heavy atom. The van der Waals surface area contributed by atoms with Crippen LogP contribution < -0.4 is 0 Å². The van der Waals surface area contributed by atoms with E-state index in [1.807, 2.05) is 17.5 Å². The molecule has 0 saturated heterocycles. The molecule has 0 atom stereocenters. The van der Waals surface area contributed by atoms with Crippen molar-refractivity contribution in [2.75, 3.05) is 0 Å². The lowest BCUT2D eigenvalue weighted by atomic mass is 10.1. The van der Waals surface area contributed by atoms with E-state index in [0.29, 0.717) is 5.56 Å². The predicted octanol–water partition coefficient (Wildman–Crippen LogP) is 2.87. The van der Waals surface area contributed by atoms with Crippen LogP contribution in [0.3, 0.4) is 0 Å². The number of halogens is 1. The van der Waals surface area contributed by atoms with E-state index in [0.717, 1.165) is 19.2 Å². The van der Waals surface area contributed by atoms with Gasteiger partial charge < -0.3 is 5.11 Å². The van der Waals surface area contributed by atoms with E-state index in [1.165, 1.54) is 0 Å². The summed E-state index contributed by atoms with van der Waals surface area (Å²) in [6.45, 7) is -0.0150. The van der Waals surface area contributed by atoms with Crippen LogP contribution in [0.1, 0.15) is 11.1 Å². The molecule has 0 saturated carbocycles. The summed E-state index contributed by atoms with van der Waals surface area (Å²) >= 11 is 3.79. The maximum Gasteiger partial charge on any atom is 0.101 e. The number of benzene rings is 1. The zero-order valence-electron chi connectivity index (χ0n) is 7.12. The van der Waals surface area contributed by atoms with Gasteiger partial charge in [0.1, 0.15) is 6.07 Å². The number of aliphatic hydroxyl groups is 1. The van der Waals surface area contributed by atoms with Crippen molar-refractivity contribution in [3.63, 3.8) is 0 Å². The first-order chi connectivity index (χ1) is 6.77. The van der Waals surface area contributed by atoms with Crippen molar-refractivity contribution in [1.29, 1.82) is 5.26 Å². The van der Waals surface area contributed by atoms with Gasteiger partial charge >= 0.3 is 0 Å². The van der Waals surface area contributed by atoms with Gasteiger partial charge in [-0.05, 0) is 34.2 Å². The van der Waals surface area contributed by atoms with Gasteiger partial charge in [0.15, 0.2) is 0 Å². The Morgan fingerprint density at radius 1 is 1.50 bits per heavy atom. The Morgan fingerprint density at radius 2 is 2.29 bits per heavy atom. The second-order valence-electron chi connectivity index (χ2n) is 2.83. The van der Waals surface area contributed by atoms with Gasteiger partial charge in [-0.2, -0.15) is 5.26 Å². The van der Waals surface area contributed by atoms with Crippen molar-refractivity contribution in [2.45, 2.75) is 6.61 Å². The lowest BCUT2D eigenvalue weighted by Gasteiger charge is -2.00. The van der Waals surface area contributed by atoms with Crippen molar-refractivity contribution in [1.82, 2.24) is 0 Å². The summed E-state index contributed by atoms with van der Waals surface area (Å²) in [6, 6.07) is 5.98. The van der Waals surface area contributed by atoms with Crippen molar-refractivity contribution < 1.29 is 5.11 Å². The molecule has 0 unspecified atom stereocenters. The molecule has 0 radical (unpaired) electrons. The molecule has 1 heterocycles. The average Bonchev–Trinajstić information content (AvgIpc) is 2.63. The number of nitriles is 1. The number of nitrogens with zero attached hydrogens (tertiary/aromatic N) is 1. The van der Waals surface area contributed by atoms with Crippen molar-refractivity contribution in [3.05, 3.63) is 32.2 Å².